The van der Waals surface area contributed by atoms with E-state index in [4.69, 9.17) is 16.7 Å². The Labute approximate surface area is 176 Å². The van der Waals surface area contributed by atoms with Gasteiger partial charge in [0.05, 0.1) is 12.0 Å². The van der Waals surface area contributed by atoms with Crippen LogP contribution < -0.4 is 5.32 Å². The molecule has 0 bridgehead atoms. The topological polar surface area (TPSA) is 69.6 Å². The van der Waals surface area contributed by atoms with Crippen molar-refractivity contribution in [1.29, 1.82) is 0 Å². The van der Waals surface area contributed by atoms with Gasteiger partial charge in [-0.25, -0.2) is 9.18 Å². The Hall–Kier alpha value is -2.08. The molecule has 160 valence electrons. The van der Waals surface area contributed by atoms with E-state index in [1.807, 2.05) is 39.0 Å². The highest BCUT2D eigenvalue weighted by atomic mass is 35.5. The van der Waals surface area contributed by atoms with Gasteiger partial charge in [-0.3, -0.25) is 4.79 Å². The second kappa shape index (κ2) is 8.74. The molecule has 0 radical (unpaired) electrons. The number of hydrogen-bond donors (Lipinski definition) is 2. The standard InChI is InChI=1S/C22H30ClFN2O3/c1-14(2)17-13-26(11-9-19(27)28)20(29)25-22(17,5)16-7-6-15(18(23)12-16)8-10-21(3,4)24/h6-7,12-14H,8-11H2,1-5H3,(H,25,29)(H,27,28)/t22-/m0/s1. The number of benzene rings is 1. The van der Waals surface area contributed by atoms with E-state index in [-0.39, 0.29) is 24.9 Å². The van der Waals surface area contributed by atoms with Crippen LogP contribution in [0.3, 0.4) is 0 Å². The summed E-state index contributed by atoms with van der Waals surface area (Å²) in [5.41, 5.74) is 0.614. The monoisotopic (exact) mass is 424 g/mol. The zero-order chi connectivity index (χ0) is 22.0. The van der Waals surface area contributed by atoms with Crippen LogP contribution in [0.2, 0.25) is 5.02 Å². The highest BCUT2D eigenvalue weighted by molar-refractivity contribution is 6.31. The highest BCUT2D eigenvalue weighted by Crippen LogP contribution is 2.38. The average molecular weight is 425 g/mol. The Morgan fingerprint density at radius 3 is 2.55 bits per heavy atom. The third kappa shape index (κ3) is 5.72. The molecule has 1 aromatic carbocycles. The zero-order valence-electron chi connectivity index (χ0n) is 17.7. The number of carboxylic acids is 1. The molecule has 0 aromatic heterocycles. The number of carbonyl (C=O) groups excluding carboxylic acids is 1. The molecule has 7 heteroatoms. The lowest BCUT2D eigenvalue weighted by Gasteiger charge is -2.42. The highest BCUT2D eigenvalue weighted by Gasteiger charge is 2.39. The Bertz CT molecular complexity index is 817. The predicted octanol–water partition coefficient (Wildman–Crippen LogP) is 5.28. The minimum absolute atomic E-state index is 0.103. The third-order valence-corrected chi connectivity index (χ3v) is 5.65. The molecule has 1 aromatic rings. The van der Waals surface area contributed by atoms with E-state index in [1.54, 1.807) is 20.0 Å². The van der Waals surface area contributed by atoms with Gasteiger partial charge in [0.15, 0.2) is 0 Å². The van der Waals surface area contributed by atoms with Gasteiger partial charge in [-0.1, -0.05) is 37.6 Å². The van der Waals surface area contributed by atoms with Crippen LogP contribution in [-0.2, 0) is 16.8 Å². The van der Waals surface area contributed by atoms with Crippen molar-refractivity contribution >= 4 is 23.6 Å². The molecule has 0 fully saturated rings. The van der Waals surface area contributed by atoms with E-state index in [1.165, 1.54) is 4.90 Å². The number of alkyl halides is 1. The summed E-state index contributed by atoms with van der Waals surface area (Å²) in [4.78, 5) is 24.9. The summed E-state index contributed by atoms with van der Waals surface area (Å²) >= 11 is 6.49. The van der Waals surface area contributed by atoms with Gasteiger partial charge < -0.3 is 15.3 Å². The summed E-state index contributed by atoms with van der Waals surface area (Å²) in [6.07, 6.45) is 2.52. The van der Waals surface area contributed by atoms with Crippen LogP contribution in [0.25, 0.3) is 0 Å². The molecule has 29 heavy (non-hydrogen) atoms. The minimum Gasteiger partial charge on any atom is -0.481 e. The van der Waals surface area contributed by atoms with Crippen LogP contribution >= 0.6 is 11.6 Å². The molecule has 0 aliphatic carbocycles. The maximum atomic E-state index is 13.8. The summed E-state index contributed by atoms with van der Waals surface area (Å²) in [7, 11) is 0. The summed E-state index contributed by atoms with van der Waals surface area (Å²) in [5, 5.41) is 12.5. The quantitative estimate of drug-likeness (QED) is 0.596. The summed E-state index contributed by atoms with van der Waals surface area (Å²) in [6, 6.07) is 5.27. The molecule has 5 nitrogen and oxygen atoms in total. The van der Waals surface area contributed by atoms with Gasteiger partial charge in [-0.2, -0.15) is 0 Å². The maximum Gasteiger partial charge on any atom is 0.322 e. The van der Waals surface area contributed by atoms with E-state index >= 15 is 0 Å². The van der Waals surface area contributed by atoms with E-state index in [2.05, 4.69) is 5.32 Å². The molecule has 2 rings (SSSR count). The fraction of sp³-hybridized carbons (Fsp3) is 0.545. The van der Waals surface area contributed by atoms with Crippen molar-refractivity contribution < 1.29 is 19.1 Å². The first-order chi connectivity index (χ1) is 13.3. The molecule has 1 atom stereocenters. The van der Waals surface area contributed by atoms with Crippen LogP contribution in [0.4, 0.5) is 9.18 Å². The minimum atomic E-state index is -1.27. The number of hydrogen-bond acceptors (Lipinski definition) is 2. The fourth-order valence-corrected chi connectivity index (χ4v) is 3.83. The molecule has 2 N–H and O–H groups in total. The predicted molar refractivity (Wildman–Crippen MR) is 113 cm³/mol. The number of carbonyl (C=O) groups is 2. The molecule has 0 unspecified atom stereocenters. The molecule has 0 saturated heterocycles. The van der Waals surface area contributed by atoms with Crippen molar-refractivity contribution in [3.63, 3.8) is 0 Å². The molecule has 0 spiro atoms. The number of carboxylic acid groups (broad SMARTS) is 1. The number of nitrogens with zero attached hydrogens (tertiary/aromatic N) is 1. The van der Waals surface area contributed by atoms with Gasteiger partial charge in [0, 0.05) is 17.8 Å². The molecule has 1 aliphatic heterocycles. The third-order valence-electron chi connectivity index (χ3n) is 5.30. The van der Waals surface area contributed by atoms with E-state index < -0.39 is 17.2 Å². The van der Waals surface area contributed by atoms with Crippen molar-refractivity contribution in [1.82, 2.24) is 10.2 Å². The van der Waals surface area contributed by atoms with Crippen molar-refractivity contribution in [2.75, 3.05) is 6.54 Å². The first-order valence-electron chi connectivity index (χ1n) is 9.84. The second-order valence-corrected chi connectivity index (χ2v) is 9.06. The van der Waals surface area contributed by atoms with Crippen LogP contribution in [-0.4, -0.2) is 34.2 Å². The van der Waals surface area contributed by atoms with Crippen LogP contribution in [0.15, 0.2) is 30.0 Å². The van der Waals surface area contributed by atoms with E-state index in [9.17, 15) is 14.0 Å². The van der Waals surface area contributed by atoms with E-state index in [0.717, 1.165) is 16.7 Å². The maximum absolute atomic E-state index is 13.8. The number of halogens is 2. The Kier molecular flexibility index (Phi) is 6.99. The largest absolute Gasteiger partial charge is 0.481 e. The molecule has 2 amide bonds. The molecule has 1 heterocycles. The van der Waals surface area contributed by atoms with Crippen molar-refractivity contribution in [3.05, 3.63) is 46.1 Å². The lowest BCUT2D eigenvalue weighted by atomic mass is 9.78. The normalized spacial score (nSPS) is 19.9. The molecular weight excluding hydrogens is 395 g/mol. The number of rotatable bonds is 8. The fourth-order valence-electron chi connectivity index (χ4n) is 3.55. The van der Waals surface area contributed by atoms with Crippen molar-refractivity contribution in [2.45, 2.75) is 65.1 Å². The van der Waals surface area contributed by atoms with Gasteiger partial charge >= 0.3 is 12.0 Å². The zero-order valence-corrected chi connectivity index (χ0v) is 18.4. The number of amides is 2. The lowest BCUT2D eigenvalue weighted by molar-refractivity contribution is -0.137. The second-order valence-electron chi connectivity index (χ2n) is 8.66. The molecule has 0 saturated carbocycles. The summed E-state index contributed by atoms with van der Waals surface area (Å²) < 4.78 is 13.8. The lowest BCUT2D eigenvalue weighted by Crippen LogP contribution is -2.55. The van der Waals surface area contributed by atoms with Gasteiger partial charge in [-0.05, 0) is 62.3 Å². The van der Waals surface area contributed by atoms with Gasteiger partial charge in [-0.15, -0.1) is 0 Å². The van der Waals surface area contributed by atoms with Crippen LogP contribution in [0.1, 0.15) is 58.6 Å². The van der Waals surface area contributed by atoms with Crippen molar-refractivity contribution in [2.24, 2.45) is 5.92 Å². The summed E-state index contributed by atoms with van der Waals surface area (Å²) in [6.45, 7) is 9.16. The number of aliphatic carboxylic acids is 1. The molecular formula is C22H30ClFN2O3. The number of aryl methyl sites for hydroxylation is 1. The van der Waals surface area contributed by atoms with E-state index in [0.29, 0.717) is 17.9 Å². The van der Waals surface area contributed by atoms with Gasteiger partial charge in [0.1, 0.15) is 5.67 Å². The smallest absolute Gasteiger partial charge is 0.322 e. The first kappa shape index (κ1) is 23.2. The van der Waals surface area contributed by atoms with Crippen LogP contribution in [0.5, 0.6) is 0 Å². The first-order valence-corrected chi connectivity index (χ1v) is 10.2. The van der Waals surface area contributed by atoms with Crippen LogP contribution in [0, 0.1) is 5.92 Å². The Morgan fingerprint density at radius 1 is 1.38 bits per heavy atom. The summed E-state index contributed by atoms with van der Waals surface area (Å²) in [5.74, 6) is -0.844. The molecule has 1 aliphatic rings. The number of nitrogens with one attached hydrogen (secondary N) is 1. The van der Waals surface area contributed by atoms with Gasteiger partial charge in [0.25, 0.3) is 0 Å². The average Bonchev–Trinajstić information content (AvgIpc) is 2.58. The number of urea groups is 1. The Morgan fingerprint density at radius 2 is 2.03 bits per heavy atom. The Balaban J connectivity index is 2.36. The van der Waals surface area contributed by atoms with Crippen molar-refractivity contribution in [3.8, 4) is 0 Å². The SMILES string of the molecule is CC(C)C1=CN(CCC(=O)O)C(=O)N[C@@]1(C)c1ccc(CCC(C)(C)F)c(Cl)c1. The van der Waals surface area contributed by atoms with Gasteiger partial charge in [0.2, 0.25) is 0 Å².